The van der Waals surface area contributed by atoms with Crippen LogP contribution in [0.15, 0.2) is 40.2 Å². The molecule has 0 atom stereocenters. The zero-order chi connectivity index (χ0) is 20.6. The highest BCUT2D eigenvalue weighted by Gasteiger charge is 2.06. The summed E-state index contributed by atoms with van der Waals surface area (Å²) in [6, 6.07) is 8.69. The molecule has 8 nitrogen and oxygen atoms in total. The van der Waals surface area contributed by atoms with Crippen LogP contribution in [-0.4, -0.2) is 43.8 Å². The minimum absolute atomic E-state index is 0. The van der Waals surface area contributed by atoms with E-state index in [1.165, 1.54) is 17.8 Å². The summed E-state index contributed by atoms with van der Waals surface area (Å²) < 4.78 is 24.6. The van der Waals surface area contributed by atoms with Crippen LogP contribution < -0.4 is 15.8 Å². The van der Waals surface area contributed by atoms with E-state index >= 15 is 0 Å². The number of hydrogen-bond acceptors (Lipinski definition) is 4. The SMILES string of the molecule is CCNC(=NCCCn1nc(C)cc1C)NCCc1ccc(S(N)(=O)=O)cc1.I. The summed E-state index contributed by atoms with van der Waals surface area (Å²) in [5.74, 6) is 0.775. The molecule has 0 aliphatic heterocycles. The van der Waals surface area contributed by atoms with Gasteiger partial charge in [0.05, 0.1) is 10.6 Å². The molecule has 1 aromatic heterocycles. The van der Waals surface area contributed by atoms with Gasteiger partial charge in [-0.15, -0.1) is 24.0 Å². The normalized spacial score (nSPS) is 11.8. The number of aryl methyl sites for hydroxylation is 3. The molecule has 0 aliphatic rings. The van der Waals surface area contributed by atoms with Crippen LogP contribution >= 0.6 is 24.0 Å². The highest BCUT2D eigenvalue weighted by atomic mass is 127. The maximum absolute atomic E-state index is 11.3. The van der Waals surface area contributed by atoms with Crippen LogP contribution in [0.4, 0.5) is 0 Å². The second-order valence-corrected chi connectivity index (χ2v) is 8.19. The van der Waals surface area contributed by atoms with Gasteiger partial charge in [0.1, 0.15) is 0 Å². The predicted octanol–water partition coefficient (Wildman–Crippen LogP) is 1.95. The van der Waals surface area contributed by atoms with E-state index < -0.39 is 10.0 Å². The molecule has 0 bridgehead atoms. The highest BCUT2D eigenvalue weighted by molar-refractivity contribution is 14.0. The fourth-order valence-electron chi connectivity index (χ4n) is 2.83. The molecule has 162 valence electrons. The molecule has 4 N–H and O–H groups in total. The molecule has 0 aliphatic carbocycles. The number of sulfonamides is 1. The van der Waals surface area contributed by atoms with E-state index in [0.717, 1.165) is 43.1 Å². The first-order valence-electron chi connectivity index (χ1n) is 9.44. The summed E-state index contributed by atoms with van der Waals surface area (Å²) in [6.45, 7) is 9.11. The predicted molar refractivity (Wildman–Crippen MR) is 127 cm³/mol. The summed E-state index contributed by atoms with van der Waals surface area (Å²) in [6.07, 6.45) is 1.66. The van der Waals surface area contributed by atoms with E-state index in [9.17, 15) is 8.42 Å². The standard InChI is InChI=1S/C19H30N6O2S.HI/c1-4-21-19(22-11-5-13-25-16(3)14-15(2)24-25)23-12-10-17-6-8-18(9-7-17)28(20,26)27;/h6-9,14H,4-5,10-13H2,1-3H3,(H2,20,26,27)(H2,21,22,23);1H. The van der Waals surface area contributed by atoms with Crippen molar-refractivity contribution in [3.8, 4) is 0 Å². The molecule has 10 heteroatoms. The third-order valence-corrected chi connectivity index (χ3v) is 5.13. The van der Waals surface area contributed by atoms with Crippen LogP contribution in [0.5, 0.6) is 0 Å². The van der Waals surface area contributed by atoms with Gasteiger partial charge in [0.25, 0.3) is 0 Å². The van der Waals surface area contributed by atoms with E-state index in [4.69, 9.17) is 5.14 Å². The van der Waals surface area contributed by atoms with Crippen molar-refractivity contribution in [1.82, 2.24) is 20.4 Å². The maximum Gasteiger partial charge on any atom is 0.238 e. The van der Waals surface area contributed by atoms with Crippen molar-refractivity contribution in [3.63, 3.8) is 0 Å². The average molecular weight is 534 g/mol. The Balaban J connectivity index is 0.00000420. The molecule has 0 amide bonds. The third kappa shape index (κ3) is 8.70. The first-order valence-corrected chi connectivity index (χ1v) is 11.0. The lowest BCUT2D eigenvalue weighted by Crippen LogP contribution is -2.38. The fourth-order valence-corrected chi connectivity index (χ4v) is 3.34. The minimum Gasteiger partial charge on any atom is -0.357 e. The zero-order valence-electron chi connectivity index (χ0n) is 17.2. The highest BCUT2D eigenvalue weighted by Crippen LogP contribution is 2.09. The van der Waals surface area contributed by atoms with Gasteiger partial charge in [-0.25, -0.2) is 13.6 Å². The van der Waals surface area contributed by atoms with Gasteiger partial charge in [0, 0.05) is 31.9 Å². The molecule has 0 fully saturated rings. The topological polar surface area (TPSA) is 114 Å². The van der Waals surface area contributed by atoms with E-state index in [1.54, 1.807) is 12.1 Å². The number of nitrogens with two attached hydrogens (primary N) is 1. The van der Waals surface area contributed by atoms with Crippen molar-refractivity contribution in [3.05, 3.63) is 47.3 Å². The number of nitrogens with zero attached hydrogens (tertiary/aromatic N) is 3. The number of halogens is 1. The Morgan fingerprint density at radius 3 is 2.45 bits per heavy atom. The lowest BCUT2D eigenvalue weighted by molar-refractivity contribution is 0.567. The number of primary sulfonamides is 1. The largest absolute Gasteiger partial charge is 0.357 e. The summed E-state index contributed by atoms with van der Waals surface area (Å²) in [7, 11) is -3.65. The quantitative estimate of drug-likeness (QED) is 0.197. The van der Waals surface area contributed by atoms with Crippen molar-refractivity contribution in [2.75, 3.05) is 19.6 Å². The van der Waals surface area contributed by atoms with E-state index in [-0.39, 0.29) is 28.9 Å². The lowest BCUT2D eigenvalue weighted by atomic mass is 10.1. The number of aromatic nitrogens is 2. The molecule has 2 aromatic rings. The molecule has 0 saturated heterocycles. The molecular weight excluding hydrogens is 503 g/mol. The molecule has 2 rings (SSSR count). The van der Waals surface area contributed by atoms with Gasteiger partial charge in [-0.05, 0) is 57.4 Å². The number of guanidine groups is 1. The van der Waals surface area contributed by atoms with Crippen LogP contribution in [0, 0.1) is 13.8 Å². The Bertz CT molecular complexity index is 894. The number of nitrogens with one attached hydrogen (secondary N) is 2. The van der Waals surface area contributed by atoms with Crippen molar-refractivity contribution in [1.29, 1.82) is 0 Å². The number of rotatable bonds is 9. The van der Waals surface area contributed by atoms with E-state index in [2.05, 4.69) is 33.7 Å². The average Bonchev–Trinajstić information content (AvgIpc) is 2.95. The van der Waals surface area contributed by atoms with Crippen molar-refractivity contribution in [2.24, 2.45) is 10.1 Å². The van der Waals surface area contributed by atoms with Gasteiger partial charge < -0.3 is 10.6 Å². The minimum atomic E-state index is -3.65. The van der Waals surface area contributed by atoms with Gasteiger partial charge in [-0.2, -0.15) is 5.10 Å². The van der Waals surface area contributed by atoms with Gasteiger partial charge in [-0.3, -0.25) is 9.67 Å². The molecule has 0 saturated carbocycles. The van der Waals surface area contributed by atoms with Crippen LogP contribution in [0.1, 0.15) is 30.3 Å². The monoisotopic (exact) mass is 534 g/mol. The summed E-state index contributed by atoms with van der Waals surface area (Å²) in [5, 5.41) is 16.1. The third-order valence-electron chi connectivity index (χ3n) is 4.20. The first kappa shape index (κ1) is 25.4. The Kier molecular flexibility index (Phi) is 10.6. The van der Waals surface area contributed by atoms with Crippen LogP contribution in [-0.2, 0) is 23.0 Å². The molecule has 1 heterocycles. The number of hydrogen-bond donors (Lipinski definition) is 3. The Labute approximate surface area is 190 Å². The summed E-state index contributed by atoms with van der Waals surface area (Å²) in [4.78, 5) is 4.73. The van der Waals surface area contributed by atoms with Gasteiger partial charge in [0.2, 0.25) is 10.0 Å². The second-order valence-electron chi connectivity index (χ2n) is 6.63. The van der Waals surface area contributed by atoms with E-state index in [0.29, 0.717) is 13.1 Å². The zero-order valence-corrected chi connectivity index (χ0v) is 20.3. The maximum atomic E-state index is 11.3. The molecule has 0 unspecified atom stereocenters. The fraction of sp³-hybridized carbons (Fsp3) is 0.474. The van der Waals surface area contributed by atoms with Crippen molar-refractivity contribution >= 4 is 40.0 Å². The number of benzene rings is 1. The summed E-state index contributed by atoms with van der Waals surface area (Å²) in [5.41, 5.74) is 3.23. The van der Waals surface area contributed by atoms with E-state index in [1.807, 2.05) is 18.5 Å². The van der Waals surface area contributed by atoms with Crippen LogP contribution in [0.3, 0.4) is 0 Å². The molecular formula is C19H31IN6O2S. The molecule has 0 radical (unpaired) electrons. The molecule has 0 spiro atoms. The lowest BCUT2D eigenvalue weighted by Gasteiger charge is -2.11. The smallest absolute Gasteiger partial charge is 0.238 e. The van der Waals surface area contributed by atoms with Gasteiger partial charge in [-0.1, -0.05) is 12.1 Å². The van der Waals surface area contributed by atoms with Crippen molar-refractivity contribution < 1.29 is 8.42 Å². The molecule has 29 heavy (non-hydrogen) atoms. The molecule has 1 aromatic carbocycles. The van der Waals surface area contributed by atoms with Crippen molar-refractivity contribution in [2.45, 2.75) is 45.1 Å². The first-order chi connectivity index (χ1) is 13.3. The van der Waals surface area contributed by atoms with Gasteiger partial charge >= 0.3 is 0 Å². The number of aliphatic imine (C=N–C) groups is 1. The van der Waals surface area contributed by atoms with Crippen LogP contribution in [0.25, 0.3) is 0 Å². The summed E-state index contributed by atoms with van der Waals surface area (Å²) >= 11 is 0. The van der Waals surface area contributed by atoms with Crippen LogP contribution in [0.2, 0.25) is 0 Å². The Hall–Kier alpha value is -1.66. The Morgan fingerprint density at radius 1 is 1.21 bits per heavy atom. The second kappa shape index (κ2) is 12.1. The van der Waals surface area contributed by atoms with Gasteiger partial charge in [0.15, 0.2) is 5.96 Å². The Morgan fingerprint density at radius 2 is 1.90 bits per heavy atom.